The van der Waals surface area contributed by atoms with Gasteiger partial charge in [-0.3, -0.25) is 4.79 Å². The maximum Gasteiger partial charge on any atom is 0.263 e. The summed E-state index contributed by atoms with van der Waals surface area (Å²) in [5.74, 6) is -0.182. The van der Waals surface area contributed by atoms with Crippen molar-refractivity contribution in [1.29, 1.82) is 0 Å². The highest BCUT2D eigenvalue weighted by molar-refractivity contribution is 8.26. The number of aromatic nitrogens is 1. The summed E-state index contributed by atoms with van der Waals surface area (Å²) in [6.07, 6.45) is 4.40. The molecule has 1 saturated heterocycles. The molecule has 1 aliphatic rings. The number of thioether (sulfide) groups is 1. The van der Waals surface area contributed by atoms with Crippen LogP contribution in [-0.4, -0.2) is 15.2 Å². The third-order valence-corrected chi connectivity index (χ3v) is 2.54. The third kappa shape index (κ3) is 1.78. The van der Waals surface area contributed by atoms with Crippen LogP contribution in [0.1, 0.15) is 5.69 Å². The van der Waals surface area contributed by atoms with Gasteiger partial charge in [0.25, 0.3) is 5.91 Å². The SMILES string of the molecule is O=C1NC(=S)S/C1=C/c1cocn1. The van der Waals surface area contributed by atoms with Crippen LogP contribution < -0.4 is 5.32 Å². The normalized spacial score (nSPS) is 19.5. The molecule has 13 heavy (non-hydrogen) atoms. The Morgan fingerprint density at radius 2 is 2.54 bits per heavy atom. The minimum absolute atomic E-state index is 0.182. The number of carbonyl (C=O) groups is 1. The summed E-state index contributed by atoms with van der Waals surface area (Å²) in [5.41, 5.74) is 0.613. The Kier molecular flexibility index (Phi) is 2.15. The number of nitrogens with zero attached hydrogens (tertiary/aromatic N) is 1. The number of hydrogen-bond donors (Lipinski definition) is 1. The van der Waals surface area contributed by atoms with Crippen LogP contribution in [0.15, 0.2) is 22.0 Å². The van der Waals surface area contributed by atoms with Crippen molar-refractivity contribution in [3.05, 3.63) is 23.3 Å². The monoisotopic (exact) mass is 212 g/mol. The maximum atomic E-state index is 11.2. The first kappa shape index (κ1) is 8.46. The smallest absolute Gasteiger partial charge is 0.263 e. The number of oxazole rings is 1. The molecule has 0 aliphatic carbocycles. The van der Waals surface area contributed by atoms with Crippen LogP contribution in [0.3, 0.4) is 0 Å². The maximum absolute atomic E-state index is 11.2. The zero-order valence-corrected chi connectivity index (χ0v) is 7.95. The number of nitrogens with one attached hydrogen (secondary N) is 1. The second kappa shape index (κ2) is 3.31. The Labute approximate surface area is 83.4 Å². The summed E-state index contributed by atoms with van der Waals surface area (Å²) in [6.45, 7) is 0. The second-order valence-corrected chi connectivity index (χ2v) is 3.98. The highest BCUT2D eigenvalue weighted by atomic mass is 32.2. The topological polar surface area (TPSA) is 55.1 Å². The van der Waals surface area contributed by atoms with E-state index in [0.717, 1.165) is 0 Å². The van der Waals surface area contributed by atoms with Gasteiger partial charge in [-0.05, 0) is 6.08 Å². The van der Waals surface area contributed by atoms with Gasteiger partial charge < -0.3 is 9.73 Å². The Bertz CT molecular complexity index is 383. The third-order valence-electron chi connectivity index (χ3n) is 1.37. The Balaban J connectivity index is 2.27. The van der Waals surface area contributed by atoms with Crippen LogP contribution in [0, 0.1) is 0 Å². The molecule has 66 valence electrons. The van der Waals surface area contributed by atoms with Crippen LogP contribution in [-0.2, 0) is 4.79 Å². The molecule has 6 heteroatoms. The molecule has 0 saturated carbocycles. The van der Waals surface area contributed by atoms with E-state index in [-0.39, 0.29) is 5.91 Å². The predicted molar refractivity (Wildman–Crippen MR) is 52.8 cm³/mol. The molecule has 1 aromatic rings. The van der Waals surface area contributed by atoms with Gasteiger partial charge in [-0.25, -0.2) is 4.98 Å². The molecule has 2 rings (SSSR count). The molecule has 0 bridgehead atoms. The van der Waals surface area contributed by atoms with E-state index in [1.807, 2.05) is 0 Å². The largest absolute Gasteiger partial charge is 0.451 e. The molecule has 1 aromatic heterocycles. The van der Waals surface area contributed by atoms with Crippen molar-refractivity contribution in [2.45, 2.75) is 0 Å². The van der Waals surface area contributed by atoms with E-state index in [9.17, 15) is 4.79 Å². The highest BCUT2D eigenvalue weighted by Gasteiger charge is 2.22. The van der Waals surface area contributed by atoms with Gasteiger partial charge in [-0.1, -0.05) is 24.0 Å². The van der Waals surface area contributed by atoms with Crippen molar-refractivity contribution >= 4 is 40.3 Å². The lowest BCUT2D eigenvalue weighted by molar-refractivity contribution is -0.115. The molecule has 4 nitrogen and oxygen atoms in total. The molecular weight excluding hydrogens is 208 g/mol. The molecule has 1 N–H and O–H groups in total. The number of hydrogen-bond acceptors (Lipinski definition) is 5. The summed E-state index contributed by atoms with van der Waals surface area (Å²) in [6, 6.07) is 0. The van der Waals surface area contributed by atoms with E-state index >= 15 is 0 Å². The van der Waals surface area contributed by atoms with Gasteiger partial charge in [-0.15, -0.1) is 0 Å². The van der Waals surface area contributed by atoms with Crippen LogP contribution in [0.4, 0.5) is 0 Å². The fourth-order valence-electron chi connectivity index (χ4n) is 0.849. The van der Waals surface area contributed by atoms with Crippen molar-refractivity contribution in [3.8, 4) is 0 Å². The summed E-state index contributed by atoms with van der Waals surface area (Å²) in [4.78, 5) is 15.6. The fraction of sp³-hybridized carbons (Fsp3) is 0. The minimum atomic E-state index is -0.182. The van der Waals surface area contributed by atoms with Gasteiger partial charge in [-0.2, -0.15) is 0 Å². The Morgan fingerprint density at radius 1 is 1.69 bits per heavy atom. The number of thiocarbonyl (C=S) groups is 1. The lowest BCUT2D eigenvalue weighted by atomic mass is 10.4. The van der Waals surface area contributed by atoms with E-state index in [1.54, 1.807) is 6.08 Å². The molecule has 1 fully saturated rings. The first-order valence-electron chi connectivity index (χ1n) is 3.39. The molecule has 2 heterocycles. The van der Waals surface area contributed by atoms with Gasteiger partial charge in [0, 0.05) is 0 Å². The van der Waals surface area contributed by atoms with E-state index in [4.69, 9.17) is 16.6 Å². The van der Waals surface area contributed by atoms with E-state index in [2.05, 4.69) is 10.3 Å². The molecule has 1 aliphatic heterocycles. The van der Waals surface area contributed by atoms with E-state index in [1.165, 1.54) is 24.4 Å². The summed E-state index contributed by atoms with van der Waals surface area (Å²) < 4.78 is 5.23. The summed E-state index contributed by atoms with van der Waals surface area (Å²) in [7, 11) is 0. The molecule has 1 amide bonds. The van der Waals surface area contributed by atoms with Crippen LogP contribution in [0.25, 0.3) is 6.08 Å². The van der Waals surface area contributed by atoms with Crippen molar-refractivity contribution in [3.63, 3.8) is 0 Å². The average Bonchev–Trinajstić information content (AvgIpc) is 2.63. The zero-order valence-electron chi connectivity index (χ0n) is 6.31. The summed E-state index contributed by atoms with van der Waals surface area (Å²) >= 11 is 6.04. The molecule has 0 unspecified atom stereocenters. The van der Waals surface area contributed by atoms with Gasteiger partial charge >= 0.3 is 0 Å². The highest BCUT2D eigenvalue weighted by Crippen LogP contribution is 2.25. The first-order chi connectivity index (χ1) is 6.25. The van der Waals surface area contributed by atoms with Gasteiger partial charge in [0.2, 0.25) is 0 Å². The first-order valence-corrected chi connectivity index (χ1v) is 4.61. The van der Waals surface area contributed by atoms with Gasteiger partial charge in [0.1, 0.15) is 16.3 Å². The van der Waals surface area contributed by atoms with Crippen molar-refractivity contribution < 1.29 is 9.21 Å². The van der Waals surface area contributed by atoms with Crippen molar-refractivity contribution in [2.75, 3.05) is 0 Å². The molecule has 0 atom stereocenters. The lowest BCUT2D eigenvalue weighted by Crippen LogP contribution is -2.17. The minimum Gasteiger partial charge on any atom is -0.451 e. The van der Waals surface area contributed by atoms with Crippen LogP contribution in [0.5, 0.6) is 0 Å². The fourth-order valence-corrected chi connectivity index (χ4v) is 1.88. The Morgan fingerprint density at radius 3 is 3.08 bits per heavy atom. The van der Waals surface area contributed by atoms with Crippen LogP contribution >= 0.6 is 24.0 Å². The van der Waals surface area contributed by atoms with Gasteiger partial charge in [0.15, 0.2) is 6.39 Å². The van der Waals surface area contributed by atoms with E-state index in [0.29, 0.717) is 14.9 Å². The molecule has 0 radical (unpaired) electrons. The second-order valence-electron chi connectivity index (χ2n) is 2.27. The lowest BCUT2D eigenvalue weighted by Gasteiger charge is -1.86. The average molecular weight is 212 g/mol. The quantitative estimate of drug-likeness (QED) is 0.559. The summed E-state index contributed by atoms with van der Waals surface area (Å²) in [5, 5.41) is 2.51. The number of carbonyl (C=O) groups excluding carboxylic acids is 1. The molecular formula is C7H4N2O2S2. The number of rotatable bonds is 1. The van der Waals surface area contributed by atoms with Crippen molar-refractivity contribution in [2.24, 2.45) is 0 Å². The van der Waals surface area contributed by atoms with Crippen LogP contribution in [0.2, 0.25) is 0 Å². The standard InChI is InChI=1S/C7H4N2O2S2/c10-6-5(13-7(12)9-6)1-4-2-11-3-8-4/h1-3H,(H,9,10,12)/b5-1+. The van der Waals surface area contributed by atoms with Gasteiger partial charge in [0.05, 0.1) is 4.91 Å². The predicted octanol–water partition coefficient (Wildman–Crippen LogP) is 1.16. The van der Waals surface area contributed by atoms with E-state index < -0.39 is 0 Å². The molecule has 0 aromatic carbocycles. The zero-order chi connectivity index (χ0) is 9.26. The number of amides is 1. The van der Waals surface area contributed by atoms with Crippen molar-refractivity contribution in [1.82, 2.24) is 10.3 Å². The Hall–Kier alpha value is -1.14. The molecule has 0 spiro atoms.